The molecule has 1 fully saturated rings. The van der Waals surface area contributed by atoms with Gasteiger partial charge in [0.25, 0.3) is 0 Å². The van der Waals surface area contributed by atoms with Crippen molar-refractivity contribution in [3.05, 3.63) is 26.6 Å². The van der Waals surface area contributed by atoms with Crippen LogP contribution < -0.4 is 18.1 Å². The van der Waals surface area contributed by atoms with Crippen molar-refractivity contribution in [2.75, 3.05) is 12.8 Å². The SMILES string of the molecule is CN(Cc1cc(Br)cc(Br)c1N)C1CCCCC1.[Cl-]. The van der Waals surface area contributed by atoms with E-state index < -0.39 is 0 Å². The van der Waals surface area contributed by atoms with Crippen LogP contribution in [0.15, 0.2) is 21.1 Å². The quantitative estimate of drug-likeness (QED) is 0.765. The van der Waals surface area contributed by atoms with Gasteiger partial charge in [0, 0.05) is 21.5 Å². The molecule has 1 aliphatic rings. The van der Waals surface area contributed by atoms with E-state index in [-0.39, 0.29) is 12.4 Å². The predicted octanol–water partition coefficient (Wildman–Crippen LogP) is 1.56. The second-order valence-corrected chi connectivity index (χ2v) is 6.94. The molecule has 0 saturated heterocycles. The largest absolute Gasteiger partial charge is 1.00 e. The van der Waals surface area contributed by atoms with Gasteiger partial charge in [0.15, 0.2) is 0 Å². The van der Waals surface area contributed by atoms with Crippen molar-refractivity contribution in [1.82, 2.24) is 4.90 Å². The van der Waals surface area contributed by atoms with Crippen LogP contribution in [0.5, 0.6) is 0 Å². The van der Waals surface area contributed by atoms with Gasteiger partial charge < -0.3 is 18.1 Å². The van der Waals surface area contributed by atoms with Gasteiger partial charge >= 0.3 is 0 Å². The van der Waals surface area contributed by atoms with Gasteiger partial charge in [-0.05, 0) is 53.5 Å². The fourth-order valence-electron chi connectivity index (χ4n) is 2.69. The molecular formula is C14H20Br2ClN2-. The summed E-state index contributed by atoms with van der Waals surface area (Å²) in [4.78, 5) is 2.45. The molecule has 0 bridgehead atoms. The first-order valence-electron chi connectivity index (χ1n) is 6.51. The molecule has 0 spiro atoms. The Labute approximate surface area is 138 Å². The highest BCUT2D eigenvalue weighted by Gasteiger charge is 2.19. The Balaban J connectivity index is 0.00000180. The van der Waals surface area contributed by atoms with E-state index >= 15 is 0 Å². The van der Waals surface area contributed by atoms with Crippen molar-refractivity contribution in [3.63, 3.8) is 0 Å². The second kappa shape index (κ2) is 7.87. The van der Waals surface area contributed by atoms with Crippen LogP contribution in [0.1, 0.15) is 37.7 Å². The van der Waals surface area contributed by atoms with Gasteiger partial charge in [-0.3, -0.25) is 4.90 Å². The molecule has 1 saturated carbocycles. The van der Waals surface area contributed by atoms with Crippen molar-refractivity contribution in [2.24, 2.45) is 0 Å². The van der Waals surface area contributed by atoms with Crippen molar-refractivity contribution in [1.29, 1.82) is 0 Å². The fourth-order valence-corrected chi connectivity index (χ4v) is 4.00. The van der Waals surface area contributed by atoms with Gasteiger partial charge in [0.05, 0.1) is 5.69 Å². The number of nitrogens with two attached hydrogens (primary N) is 1. The van der Waals surface area contributed by atoms with Crippen molar-refractivity contribution in [3.8, 4) is 0 Å². The predicted molar refractivity (Wildman–Crippen MR) is 84.6 cm³/mol. The minimum absolute atomic E-state index is 0. The average Bonchev–Trinajstić information content (AvgIpc) is 2.36. The van der Waals surface area contributed by atoms with Crippen LogP contribution in [0.3, 0.4) is 0 Å². The van der Waals surface area contributed by atoms with Gasteiger partial charge in [0.1, 0.15) is 0 Å². The highest BCUT2D eigenvalue weighted by molar-refractivity contribution is 9.11. The minimum Gasteiger partial charge on any atom is -1.00 e. The molecule has 1 aromatic carbocycles. The molecule has 1 aliphatic carbocycles. The molecule has 2 rings (SSSR count). The molecule has 0 heterocycles. The third-order valence-electron chi connectivity index (χ3n) is 3.80. The zero-order valence-electron chi connectivity index (χ0n) is 11.1. The van der Waals surface area contributed by atoms with Crippen molar-refractivity contribution in [2.45, 2.75) is 44.7 Å². The van der Waals surface area contributed by atoms with Crippen LogP contribution in [0.4, 0.5) is 5.69 Å². The first kappa shape index (κ1) is 17.3. The van der Waals surface area contributed by atoms with E-state index in [0.29, 0.717) is 0 Å². The van der Waals surface area contributed by atoms with Gasteiger partial charge in [-0.25, -0.2) is 0 Å². The second-order valence-electron chi connectivity index (χ2n) is 5.17. The molecule has 0 amide bonds. The van der Waals surface area contributed by atoms with Gasteiger partial charge in [-0.2, -0.15) is 0 Å². The number of nitrogen functional groups attached to an aromatic ring is 1. The number of anilines is 1. The number of rotatable bonds is 3. The molecule has 5 heteroatoms. The minimum atomic E-state index is 0. The molecule has 0 atom stereocenters. The molecule has 2 N–H and O–H groups in total. The average molecular weight is 412 g/mol. The maximum absolute atomic E-state index is 6.13. The standard InChI is InChI=1S/C14H20Br2N2.ClH/c1-18(12-5-3-2-4-6-12)9-10-7-11(15)8-13(16)14(10)17;/h7-8,12H,2-6,9,17H2,1H3;1H/p-1. The van der Waals surface area contributed by atoms with E-state index in [2.05, 4.69) is 49.9 Å². The van der Waals surface area contributed by atoms with Crippen molar-refractivity contribution >= 4 is 37.5 Å². The summed E-state index contributed by atoms with van der Waals surface area (Å²) in [5.41, 5.74) is 8.20. The summed E-state index contributed by atoms with van der Waals surface area (Å²) in [5, 5.41) is 0. The summed E-state index contributed by atoms with van der Waals surface area (Å²) in [6.45, 7) is 0.925. The van der Waals surface area contributed by atoms with E-state index in [4.69, 9.17) is 5.73 Å². The summed E-state index contributed by atoms with van der Waals surface area (Å²) in [7, 11) is 2.21. The highest BCUT2D eigenvalue weighted by Crippen LogP contribution is 2.30. The third-order valence-corrected chi connectivity index (χ3v) is 4.91. The van der Waals surface area contributed by atoms with Crippen LogP contribution in [-0.2, 0) is 6.54 Å². The topological polar surface area (TPSA) is 29.3 Å². The lowest BCUT2D eigenvalue weighted by Gasteiger charge is -2.31. The normalized spacial score (nSPS) is 16.4. The first-order valence-corrected chi connectivity index (χ1v) is 8.10. The number of nitrogens with zero attached hydrogens (tertiary/aromatic N) is 1. The van der Waals surface area contributed by atoms with Crippen LogP contribution in [0.2, 0.25) is 0 Å². The summed E-state index contributed by atoms with van der Waals surface area (Å²) in [5.74, 6) is 0. The van der Waals surface area contributed by atoms with Crippen molar-refractivity contribution < 1.29 is 12.4 Å². The maximum Gasteiger partial charge on any atom is 0.0504 e. The van der Waals surface area contributed by atoms with Gasteiger partial charge in [-0.1, -0.05) is 35.2 Å². The van der Waals surface area contributed by atoms with Crippen LogP contribution >= 0.6 is 31.9 Å². The lowest BCUT2D eigenvalue weighted by molar-refractivity contribution is -0.00000358. The number of hydrogen-bond acceptors (Lipinski definition) is 2. The maximum atomic E-state index is 6.13. The third kappa shape index (κ3) is 4.62. The van der Waals surface area contributed by atoms with Crippen LogP contribution in [0, 0.1) is 0 Å². The monoisotopic (exact) mass is 409 g/mol. The summed E-state index contributed by atoms with van der Waals surface area (Å²) < 4.78 is 2.06. The zero-order chi connectivity index (χ0) is 13.1. The molecule has 19 heavy (non-hydrogen) atoms. The van der Waals surface area contributed by atoms with E-state index in [9.17, 15) is 0 Å². The fraction of sp³-hybridized carbons (Fsp3) is 0.571. The van der Waals surface area contributed by atoms with E-state index in [1.54, 1.807) is 0 Å². The molecule has 108 valence electrons. The first-order chi connectivity index (χ1) is 8.58. The molecule has 0 aromatic heterocycles. The van der Waals surface area contributed by atoms with E-state index in [1.165, 1.54) is 37.7 Å². The Hall–Kier alpha value is 0.230. The van der Waals surface area contributed by atoms with Crippen LogP contribution in [-0.4, -0.2) is 18.0 Å². The van der Waals surface area contributed by atoms with Gasteiger partial charge in [0.2, 0.25) is 0 Å². The Morgan fingerprint density at radius 2 is 1.84 bits per heavy atom. The molecule has 0 aliphatic heterocycles. The lowest BCUT2D eigenvalue weighted by atomic mass is 9.94. The Kier molecular flexibility index (Phi) is 7.15. The molecule has 0 unspecified atom stereocenters. The van der Waals surface area contributed by atoms with E-state index in [1.807, 2.05) is 6.07 Å². The summed E-state index contributed by atoms with van der Waals surface area (Å²) in [6.07, 6.45) is 6.78. The summed E-state index contributed by atoms with van der Waals surface area (Å²) >= 11 is 7.04. The number of hydrogen-bond donors (Lipinski definition) is 1. The highest BCUT2D eigenvalue weighted by atomic mass is 79.9. The number of benzene rings is 1. The Bertz CT molecular complexity index is 420. The Morgan fingerprint density at radius 1 is 1.21 bits per heavy atom. The van der Waals surface area contributed by atoms with E-state index in [0.717, 1.165) is 27.2 Å². The van der Waals surface area contributed by atoms with Crippen LogP contribution in [0.25, 0.3) is 0 Å². The number of halogens is 3. The molecule has 2 nitrogen and oxygen atoms in total. The Morgan fingerprint density at radius 3 is 2.47 bits per heavy atom. The van der Waals surface area contributed by atoms with Gasteiger partial charge in [-0.15, -0.1) is 0 Å². The molecule has 1 aromatic rings. The lowest BCUT2D eigenvalue weighted by Crippen LogP contribution is -3.00. The summed E-state index contributed by atoms with van der Waals surface area (Å²) in [6, 6.07) is 4.84. The zero-order valence-corrected chi connectivity index (χ0v) is 15.1. The molecular weight excluding hydrogens is 391 g/mol. The smallest absolute Gasteiger partial charge is 0.0504 e. The molecule has 0 radical (unpaired) electrons.